The summed E-state index contributed by atoms with van der Waals surface area (Å²) in [6, 6.07) is 14.3. The molecule has 2 amide bonds. The lowest BCUT2D eigenvalue weighted by Gasteiger charge is -2.37. The number of carbonyl (C=O) groups excluding carboxylic acids is 2. The topological polar surface area (TPSA) is 68.3 Å². The monoisotopic (exact) mass is 450 g/mol. The lowest BCUT2D eigenvalue weighted by atomic mass is 10.0. The average Bonchev–Trinajstić information content (AvgIpc) is 3.03. The van der Waals surface area contributed by atoms with Crippen LogP contribution in [0.2, 0.25) is 0 Å². The van der Waals surface area contributed by atoms with Gasteiger partial charge in [0.2, 0.25) is 0 Å². The number of methoxy groups -OCH3 is 1. The molecule has 33 heavy (non-hydrogen) atoms. The zero-order chi connectivity index (χ0) is 23.7. The number of morpholine rings is 1. The van der Waals surface area contributed by atoms with Gasteiger partial charge in [-0.25, -0.2) is 4.90 Å². The molecule has 0 saturated carbocycles. The summed E-state index contributed by atoms with van der Waals surface area (Å²) >= 11 is 0. The van der Waals surface area contributed by atoms with Crippen molar-refractivity contribution in [2.45, 2.75) is 46.0 Å². The van der Waals surface area contributed by atoms with Crippen molar-refractivity contribution in [2.75, 3.05) is 25.1 Å². The SMILES string of the molecule is COc1ccc(N2C(=O)C(c3ccc(OC(C)C)cc3)=C(N3CC(C)OC(C)C3)C2=O)cc1. The fourth-order valence-corrected chi connectivity index (χ4v) is 4.37. The van der Waals surface area contributed by atoms with Crippen molar-refractivity contribution in [2.24, 2.45) is 0 Å². The summed E-state index contributed by atoms with van der Waals surface area (Å²) in [5.74, 6) is 0.699. The van der Waals surface area contributed by atoms with Crippen molar-refractivity contribution in [1.29, 1.82) is 0 Å². The number of benzene rings is 2. The van der Waals surface area contributed by atoms with Gasteiger partial charge in [-0.1, -0.05) is 12.1 Å². The summed E-state index contributed by atoms with van der Waals surface area (Å²) in [5, 5.41) is 0. The first kappa shape index (κ1) is 22.9. The molecule has 4 rings (SSSR count). The van der Waals surface area contributed by atoms with Crippen LogP contribution >= 0.6 is 0 Å². The number of ether oxygens (including phenoxy) is 3. The molecule has 0 bridgehead atoms. The predicted molar refractivity (Wildman–Crippen MR) is 126 cm³/mol. The third kappa shape index (κ3) is 4.59. The molecule has 7 nitrogen and oxygen atoms in total. The molecular weight excluding hydrogens is 420 g/mol. The molecule has 1 fully saturated rings. The predicted octanol–water partition coefficient (Wildman–Crippen LogP) is 3.88. The van der Waals surface area contributed by atoms with E-state index in [1.54, 1.807) is 31.4 Å². The number of amides is 2. The molecule has 0 radical (unpaired) electrons. The third-order valence-corrected chi connectivity index (χ3v) is 5.64. The minimum atomic E-state index is -0.343. The van der Waals surface area contributed by atoms with Gasteiger partial charge in [-0.05, 0) is 69.7 Å². The van der Waals surface area contributed by atoms with Crippen molar-refractivity contribution in [3.63, 3.8) is 0 Å². The van der Waals surface area contributed by atoms with Gasteiger partial charge in [-0.3, -0.25) is 9.59 Å². The zero-order valence-corrected chi connectivity index (χ0v) is 19.7. The van der Waals surface area contributed by atoms with Gasteiger partial charge in [-0.15, -0.1) is 0 Å². The Bertz CT molecular complexity index is 1050. The summed E-state index contributed by atoms with van der Waals surface area (Å²) in [6.07, 6.45) is -0.0632. The number of hydrogen-bond donors (Lipinski definition) is 0. The zero-order valence-electron chi connectivity index (χ0n) is 19.7. The Morgan fingerprint density at radius 2 is 1.45 bits per heavy atom. The van der Waals surface area contributed by atoms with Crippen LogP contribution in [0.1, 0.15) is 33.3 Å². The van der Waals surface area contributed by atoms with Crippen LogP contribution in [0.3, 0.4) is 0 Å². The van der Waals surface area contributed by atoms with Gasteiger partial charge in [0.25, 0.3) is 11.8 Å². The van der Waals surface area contributed by atoms with Gasteiger partial charge < -0.3 is 19.1 Å². The van der Waals surface area contributed by atoms with E-state index in [4.69, 9.17) is 14.2 Å². The number of anilines is 1. The standard InChI is InChI=1S/C26H30N2O5/c1-16(2)32-22-10-6-19(7-11-22)23-24(27-14-17(3)33-18(4)15-27)26(30)28(25(23)29)20-8-12-21(31-5)13-9-20/h6-13,16-18H,14-15H2,1-5H3. The lowest BCUT2D eigenvalue weighted by molar-refractivity contribution is -0.121. The van der Waals surface area contributed by atoms with Crippen molar-refractivity contribution in [3.8, 4) is 11.5 Å². The maximum absolute atomic E-state index is 13.7. The van der Waals surface area contributed by atoms with Crippen LogP contribution in [-0.4, -0.2) is 55.2 Å². The summed E-state index contributed by atoms with van der Waals surface area (Å²) in [7, 11) is 1.58. The minimum absolute atomic E-state index is 0.0437. The third-order valence-electron chi connectivity index (χ3n) is 5.64. The summed E-state index contributed by atoms with van der Waals surface area (Å²) < 4.78 is 16.8. The summed E-state index contributed by atoms with van der Waals surface area (Å²) in [5.41, 5.74) is 2.00. The molecule has 1 saturated heterocycles. The number of hydrogen-bond acceptors (Lipinski definition) is 6. The molecule has 0 aromatic heterocycles. The molecule has 7 heteroatoms. The highest BCUT2D eigenvalue weighted by atomic mass is 16.5. The van der Waals surface area contributed by atoms with Gasteiger partial charge in [0, 0.05) is 13.1 Å². The van der Waals surface area contributed by atoms with E-state index >= 15 is 0 Å². The smallest absolute Gasteiger partial charge is 0.282 e. The maximum atomic E-state index is 13.7. The van der Waals surface area contributed by atoms with Crippen LogP contribution in [-0.2, 0) is 14.3 Å². The van der Waals surface area contributed by atoms with E-state index in [1.807, 2.05) is 56.9 Å². The molecule has 2 aliphatic rings. The molecule has 2 heterocycles. The molecule has 0 spiro atoms. The van der Waals surface area contributed by atoms with E-state index in [9.17, 15) is 9.59 Å². The second-order valence-corrected chi connectivity index (χ2v) is 8.72. The summed E-state index contributed by atoms with van der Waals surface area (Å²) in [4.78, 5) is 30.6. The Kier molecular flexibility index (Phi) is 6.42. The van der Waals surface area contributed by atoms with E-state index < -0.39 is 0 Å². The van der Waals surface area contributed by atoms with Gasteiger partial charge in [0.1, 0.15) is 17.2 Å². The molecule has 2 unspecified atom stereocenters. The van der Waals surface area contributed by atoms with Crippen molar-refractivity contribution in [1.82, 2.24) is 4.90 Å². The van der Waals surface area contributed by atoms with Crippen molar-refractivity contribution >= 4 is 23.1 Å². The number of nitrogens with zero attached hydrogens (tertiary/aromatic N) is 2. The normalized spacial score (nSPS) is 21.3. The summed E-state index contributed by atoms with van der Waals surface area (Å²) in [6.45, 7) is 8.94. The van der Waals surface area contributed by atoms with E-state index in [1.165, 1.54) is 4.90 Å². The molecule has 0 N–H and O–H groups in total. The Balaban J connectivity index is 1.77. The fraction of sp³-hybridized carbons (Fsp3) is 0.385. The van der Waals surface area contributed by atoms with Crippen molar-refractivity contribution in [3.05, 3.63) is 59.8 Å². The average molecular weight is 451 g/mol. The quantitative estimate of drug-likeness (QED) is 0.623. The first-order valence-electron chi connectivity index (χ1n) is 11.2. The molecule has 174 valence electrons. The largest absolute Gasteiger partial charge is 0.497 e. The van der Waals surface area contributed by atoms with Crippen LogP contribution < -0.4 is 14.4 Å². The van der Waals surface area contributed by atoms with Gasteiger partial charge in [-0.2, -0.15) is 0 Å². The van der Waals surface area contributed by atoms with Crippen LogP contribution in [0.5, 0.6) is 11.5 Å². The van der Waals surface area contributed by atoms with Gasteiger partial charge in [0.15, 0.2) is 0 Å². The highest BCUT2D eigenvalue weighted by Crippen LogP contribution is 2.37. The minimum Gasteiger partial charge on any atom is -0.497 e. The highest BCUT2D eigenvalue weighted by Gasteiger charge is 2.43. The first-order chi connectivity index (χ1) is 15.8. The van der Waals surface area contributed by atoms with E-state index in [0.717, 1.165) is 0 Å². The molecule has 2 aromatic rings. The van der Waals surface area contributed by atoms with Crippen LogP contribution in [0, 0.1) is 0 Å². The fourth-order valence-electron chi connectivity index (χ4n) is 4.37. The molecule has 0 aliphatic carbocycles. The first-order valence-corrected chi connectivity index (χ1v) is 11.2. The Labute approximate surface area is 194 Å². The highest BCUT2D eigenvalue weighted by molar-refractivity contribution is 6.45. The number of imide groups is 1. The Morgan fingerprint density at radius 3 is 2.00 bits per heavy atom. The molecule has 2 aromatic carbocycles. The van der Waals surface area contributed by atoms with E-state index in [0.29, 0.717) is 47.1 Å². The van der Waals surface area contributed by atoms with E-state index in [2.05, 4.69) is 0 Å². The van der Waals surface area contributed by atoms with Gasteiger partial charge in [0.05, 0.1) is 36.7 Å². The Hall–Kier alpha value is -3.32. The van der Waals surface area contributed by atoms with Crippen LogP contribution in [0.25, 0.3) is 5.57 Å². The van der Waals surface area contributed by atoms with Crippen LogP contribution in [0.4, 0.5) is 5.69 Å². The van der Waals surface area contributed by atoms with Crippen molar-refractivity contribution < 1.29 is 23.8 Å². The number of rotatable bonds is 6. The second-order valence-electron chi connectivity index (χ2n) is 8.72. The molecular formula is C26H30N2O5. The maximum Gasteiger partial charge on any atom is 0.282 e. The second kappa shape index (κ2) is 9.27. The lowest BCUT2D eigenvalue weighted by Crippen LogP contribution is -2.47. The molecule has 2 atom stereocenters. The van der Waals surface area contributed by atoms with Crippen LogP contribution in [0.15, 0.2) is 54.2 Å². The Morgan fingerprint density at radius 1 is 0.879 bits per heavy atom. The van der Waals surface area contributed by atoms with E-state index in [-0.39, 0.29) is 30.1 Å². The molecule has 2 aliphatic heterocycles. The van der Waals surface area contributed by atoms with Gasteiger partial charge >= 0.3 is 0 Å². The number of carbonyl (C=O) groups is 2.